The summed E-state index contributed by atoms with van der Waals surface area (Å²) in [6.45, 7) is 2.41. The first kappa shape index (κ1) is 14.5. The molecule has 0 aliphatic rings. The van der Waals surface area contributed by atoms with Crippen molar-refractivity contribution in [1.29, 1.82) is 0 Å². The summed E-state index contributed by atoms with van der Waals surface area (Å²) < 4.78 is 24.5. The van der Waals surface area contributed by atoms with Crippen LogP contribution >= 0.6 is 23.1 Å². The van der Waals surface area contributed by atoms with Crippen molar-refractivity contribution in [1.82, 2.24) is 9.55 Å². The predicted octanol–water partition coefficient (Wildman–Crippen LogP) is 1.61. The smallest absolute Gasteiger partial charge is 0.272 e. The Bertz CT molecular complexity index is 746. The summed E-state index contributed by atoms with van der Waals surface area (Å²) in [7, 11) is -2.99. The van der Waals surface area contributed by atoms with Crippen LogP contribution in [0.2, 0.25) is 0 Å². The molecule has 0 spiro atoms. The Hall–Kier alpha value is -0.860. The van der Waals surface area contributed by atoms with Crippen LogP contribution in [0.1, 0.15) is 6.92 Å². The molecule has 0 aliphatic carbocycles. The Morgan fingerprint density at radius 3 is 2.84 bits per heavy atom. The molecule has 0 fully saturated rings. The van der Waals surface area contributed by atoms with E-state index >= 15 is 0 Å². The van der Waals surface area contributed by atoms with Gasteiger partial charge in [0.1, 0.15) is 14.5 Å². The van der Waals surface area contributed by atoms with Gasteiger partial charge in [-0.2, -0.15) is 0 Å². The van der Waals surface area contributed by atoms with Crippen LogP contribution in [0.25, 0.3) is 10.2 Å². The van der Waals surface area contributed by atoms with Crippen molar-refractivity contribution in [3.63, 3.8) is 0 Å². The fourth-order valence-corrected chi connectivity index (χ4v) is 4.63. The maximum absolute atomic E-state index is 12.2. The van der Waals surface area contributed by atoms with E-state index in [1.54, 1.807) is 4.57 Å². The molecule has 0 atom stereocenters. The lowest BCUT2D eigenvalue weighted by Gasteiger charge is -2.09. The minimum Gasteiger partial charge on any atom is -0.287 e. The number of sulfone groups is 1. The molecule has 0 aromatic carbocycles. The van der Waals surface area contributed by atoms with Crippen LogP contribution in [0.4, 0.5) is 0 Å². The molecule has 0 saturated heterocycles. The van der Waals surface area contributed by atoms with Crippen molar-refractivity contribution in [3.05, 3.63) is 21.8 Å². The molecule has 5 nitrogen and oxygen atoms in total. The number of nitrogens with zero attached hydrogens (tertiary/aromatic N) is 2. The van der Waals surface area contributed by atoms with Gasteiger partial charge in [-0.25, -0.2) is 13.4 Å². The van der Waals surface area contributed by atoms with Crippen LogP contribution < -0.4 is 5.56 Å². The zero-order valence-electron chi connectivity index (χ0n) is 10.6. The first-order valence-corrected chi connectivity index (χ1v) is 9.63. The zero-order chi connectivity index (χ0) is 14.0. The second-order valence-corrected chi connectivity index (χ2v) is 8.30. The van der Waals surface area contributed by atoms with Crippen LogP contribution in [0.3, 0.4) is 0 Å². The van der Waals surface area contributed by atoms with E-state index in [0.29, 0.717) is 27.7 Å². The predicted molar refractivity (Wildman–Crippen MR) is 80.0 cm³/mol. The van der Waals surface area contributed by atoms with E-state index in [0.717, 1.165) is 0 Å². The molecule has 0 radical (unpaired) electrons. The van der Waals surface area contributed by atoms with Crippen LogP contribution in [0.5, 0.6) is 0 Å². The van der Waals surface area contributed by atoms with Crippen LogP contribution in [0.15, 0.2) is 21.4 Å². The van der Waals surface area contributed by atoms with Crippen molar-refractivity contribution in [2.75, 3.05) is 17.8 Å². The summed E-state index contributed by atoms with van der Waals surface area (Å²) in [5.41, 5.74) is 0.630. The molecular formula is C11H14N2O3S3. The largest absolute Gasteiger partial charge is 0.287 e. The van der Waals surface area contributed by atoms with E-state index in [9.17, 15) is 13.2 Å². The van der Waals surface area contributed by atoms with Gasteiger partial charge in [-0.05, 0) is 18.4 Å². The molecule has 0 saturated carbocycles. The van der Waals surface area contributed by atoms with Gasteiger partial charge >= 0.3 is 0 Å². The number of thiophene rings is 1. The van der Waals surface area contributed by atoms with E-state index < -0.39 is 9.84 Å². The molecule has 104 valence electrons. The summed E-state index contributed by atoms with van der Waals surface area (Å²) in [6, 6.07) is 1.81. The fraction of sp³-hybridized carbons (Fsp3) is 0.455. The first-order valence-electron chi connectivity index (χ1n) is 5.71. The topological polar surface area (TPSA) is 69.0 Å². The maximum Gasteiger partial charge on any atom is 0.272 e. The third kappa shape index (κ3) is 3.37. The van der Waals surface area contributed by atoms with Crippen LogP contribution in [-0.2, 0) is 16.4 Å². The third-order valence-electron chi connectivity index (χ3n) is 2.53. The molecule has 8 heteroatoms. The van der Waals surface area contributed by atoms with Crippen molar-refractivity contribution >= 4 is 43.2 Å². The number of rotatable bonds is 5. The van der Waals surface area contributed by atoms with Gasteiger partial charge in [0.2, 0.25) is 0 Å². The van der Waals surface area contributed by atoms with E-state index in [1.807, 2.05) is 18.4 Å². The van der Waals surface area contributed by atoms with E-state index in [-0.39, 0.29) is 11.3 Å². The fourth-order valence-electron chi connectivity index (χ4n) is 1.60. The Morgan fingerprint density at radius 2 is 2.21 bits per heavy atom. The Kier molecular flexibility index (Phi) is 4.32. The number of aromatic nitrogens is 2. The third-order valence-corrected chi connectivity index (χ3v) is 5.61. The molecule has 0 N–H and O–H groups in total. The number of thioether (sulfide) groups is 1. The average Bonchev–Trinajstić information content (AvgIpc) is 2.76. The summed E-state index contributed by atoms with van der Waals surface area (Å²) in [6.07, 6.45) is 1.20. The minimum atomic E-state index is -2.99. The SMILES string of the molecule is CCn1c(SCCS(C)(=O)=O)nc2ccsc2c1=O. The first-order chi connectivity index (χ1) is 8.92. The lowest BCUT2D eigenvalue weighted by molar-refractivity contribution is 0.603. The van der Waals surface area contributed by atoms with Gasteiger partial charge < -0.3 is 0 Å². The van der Waals surface area contributed by atoms with Gasteiger partial charge in [-0.3, -0.25) is 9.36 Å². The van der Waals surface area contributed by atoms with Crippen LogP contribution in [-0.4, -0.2) is 35.7 Å². The quantitative estimate of drug-likeness (QED) is 0.619. The summed E-state index contributed by atoms with van der Waals surface area (Å²) in [4.78, 5) is 16.6. The summed E-state index contributed by atoms with van der Waals surface area (Å²) in [5.74, 6) is 0.486. The number of hydrogen-bond acceptors (Lipinski definition) is 6. The molecule has 0 aliphatic heterocycles. The van der Waals surface area contributed by atoms with Crippen molar-refractivity contribution in [3.8, 4) is 0 Å². The van der Waals surface area contributed by atoms with Gasteiger partial charge in [0, 0.05) is 18.6 Å². The molecule has 2 aromatic heterocycles. The molecule has 0 amide bonds. The Morgan fingerprint density at radius 1 is 1.47 bits per heavy atom. The zero-order valence-corrected chi connectivity index (χ0v) is 13.1. The van der Waals surface area contributed by atoms with Crippen LogP contribution in [0, 0.1) is 0 Å². The second-order valence-electron chi connectivity index (χ2n) is 4.06. The maximum atomic E-state index is 12.2. The summed E-state index contributed by atoms with van der Waals surface area (Å²) >= 11 is 2.69. The second kappa shape index (κ2) is 5.64. The van der Waals surface area contributed by atoms with Gasteiger partial charge in [0.25, 0.3) is 5.56 Å². The van der Waals surface area contributed by atoms with E-state index in [2.05, 4.69) is 4.98 Å². The molecule has 0 unspecified atom stereocenters. The molecule has 2 aromatic rings. The van der Waals surface area contributed by atoms with Gasteiger partial charge in [0.15, 0.2) is 5.16 Å². The minimum absolute atomic E-state index is 0.0515. The monoisotopic (exact) mass is 318 g/mol. The average molecular weight is 318 g/mol. The lowest BCUT2D eigenvalue weighted by Crippen LogP contribution is -2.22. The molecule has 0 bridgehead atoms. The van der Waals surface area contributed by atoms with E-state index in [1.165, 1.54) is 29.4 Å². The summed E-state index contributed by atoms with van der Waals surface area (Å²) in [5, 5.41) is 2.42. The van der Waals surface area contributed by atoms with Gasteiger partial charge in [0.05, 0.1) is 11.3 Å². The highest BCUT2D eigenvalue weighted by molar-refractivity contribution is 8.00. The highest BCUT2D eigenvalue weighted by Gasteiger charge is 2.12. The normalized spacial score (nSPS) is 12.1. The Balaban J connectivity index is 2.34. The standard InChI is InChI=1S/C11H14N2O3S3/c1-3-13-10(14)9-8(4-5-17-9)12-11(13)18-6-7-19(2,15)16/h4-5H,3,6-7H2,1-2H3. The molecule has 2 rings (SSSR count). The highest BCUT2D eigenvalue weighted by atomic mass is 32.2. The highest BCUT2D eigenvalue weighted by Crippen LogP contribution is 2.20. The van der Waals surface area contributed by atoms with Crippen molar-refractivity contribution in [2.24, 2.45) is 0 Å². The lowest BCUT2D eigenvalue weighted by atomic mass is 10.5. The van der Waals surface area contributed by atoms with Crippen molar-refractivity contribution < 1.29 is 8.42 Å². The molecule has 19 heavy (non-hydrogen) atoms. The van der Waals surface area contributed by atoms with Gasteiger partial charge in [-0.1, -0.05) is 11.8 Å². The Labute approximate surface area is 119 Å². The van der Waals surface area contributed by atoms with E-state index in [4.69, 9.17) is 0 Å². The van der Waals surface area contributed by atoms with Crippen molar-refractivity contribution in [2.45, 2.75) is 18.6 Å². The number of hydrogen-bond donors (Lipinski definition) is 0. The molecular weight excluding hydrogens is 304 g/mol. The van der Waals surface area contributed by atoms with Gasteiger partial charge in [-0.15, -0.1) is 11.3 Å². The molecule has 2 heterocycles. The number of fused-ring (bicyclic) bond motifs is 1.